The van der Waals surface area contributed by atoms with E-state index >= 15 is 0 Å². The Labute approximate surface area is 169 Å². The summed E-state index contributed by atoms with van der Waals surface area (Å²) < 4.78 is 0. The van der Waals surface area contributed by atoms with Gasteiger partial charge in [0.05, 0.1) is 11.4 Å². The normalized spacial score (nSPS) is 18.8. The van der Waals surface area contributed by atoms with Crippen molar-refractivity contribution in [3.05, 3.63) is 66.0 Å². The largest absolute Gasteiger partial charge is 0.351 e. The number of allylic oxidation sites excluding steroid dienone is 2. The molecule has 0 saturated carbocycles. The highest BCUT2D eigenvalue weighted by atomic mass is 15.3. The number of nitrogens with one attached hydrogen (secondary N) is 2. The number of nitrogens with zero attached hydrogens (tertiary/aromatic N) is 6. The molecule has 146 valence electrons. The molecule has 1 fully saturated rings. The lowest BCUT2D eigenvalue weighted by Crippen LogP contribution is -2.48. The quantitative estimate of drug-likeness (QED) is 0.782. The van der Waals surface area contributed by atoms with Gasteiger partial charge in [0.25, 0.3) is 0 Å². The monoisotopic (exact) mass is 386 g/mol. The predicted molar refractivity (Wildman–Crippen MR) is 111 cm³/mol. The van der Waals surface area contributed by atoms with Crippen molar-refractivity contribution < 1.29 is 0 Å². The molecule has 0 bridgehead atoms. The van der Waals surface area contributed by atoms with Gasteiger partial charge in [-0.25, -0.2) is 15.0 Å². The maximum absolute atomic E-state index is 9.73. The molecule has 0 spiro atoms. The number of anilines is 1. The first kappa shape index (κ1) is 18.6. The van der Waals surface area contributed by atoms with Crippen LogP contribution in [-0.4, -0.2) is 44.9 Å². The number of pyridine rings is 1. The van der Waals surface area contributed by atoms with Gasteiger partial charge in [-0.15, -0.1) is 0 Å². The number of aliphatic imine (C=N–C) groups is 1. The van der Waals surface area contributed by atoms with Crippen LogP contribution in [0.1, 0.15) is 25.5 Å². The van der Waals surface area contributed by atoms with E-state index in [4.69, 9.17) is 0 Å². The molecule has 0 unspecified atom stereocenters. The summed E-state index contributed by atoms with van der Waals surface area (Å²) in [6, 6.07) is 9.99. The van der Waals surface area contributed by atoms with Crippen molar-refractivity contribution in [3.63, 3.8) is 0 Å². The van der Waals surface area contributed by atoms with Gasteiger partial charge in [-0.3, -0.25) is 4.98 Å². The van der Waals surface area contributed by atoms with Gasteiger partial charge in [0, 0.05) is 43.9 Å². The molecule has 4 rings (SSSR count). The van der Waals surface area contributed by atoms with Crippen molar-refractivity contribution >= 4 is 17.5 Å². The van der Waals surface area contributed by atoms with Gasteiger partial charge in [-0.2, -0.15) is 5.26 Å². The van der Waals surface area contributed by atoms with E-state index in [9.17, 15) is 5.26 Å². The highest BCUT2D eigenvalue weighted by Crippen LogP contribution is 2.23. The zero-order chi connectivity index (χ0) is 20.1. The van der Waals surface area contributed by atoms with Crippen LogP contribution >= 0.6 is 0 Å². The summed E-state index contributed by atoms with van der Waals surface area (Å²) in [5, 5.41) is 16.5. The lowest BCUT2D eigenvalue weighted by molar-refractivity contribution is 0.316. The van der Waals surface area contributed by atoms with Crippen molar-refractivity contribution in [1.82, 2.24) is 25.2 Å². The third-order valence-electron chi connectivity index (χ3n) is 4.99. The molecule has 29 heavy (non-hydrogen) atoms. The Morgan fingerprint density at radius 2 is 1.90 bits per heavy atom. The van der Waals surface area contributed by atoms with Gasteiger partial charge in [-0.1, -0.05) is 6.07 Å². The van der Waals surface area contributed by atoms with E-state index in [1.165, 1.54) is 0 Å². The van der Waals surface area contributed by atoms with Crippen molar-refractivity contribution in [2.24, 2.45) is 4.99 Å². The molecular weight excluding hydrogens is 364 g/mol. The Hall–Kier alpha value is -3.73. The number of likely N-dealkylation sites (tertiary alicyclic amines) is 1. The van der Waals surface area contributed by atoms with Crippen LogP contribution in [0.15, 0.2) is 65.3 Å². The molecule has 0 aliphatic carbocycles. The van der Waals surface area contributed by atoms with E-state index in [0.717, 1.165) is 43.2 Å². The second-order valence-corrected chi connectivity index (χ2v) is 6.94. The van der Waals surface area contributed by atoms with Crippen molar-refractivity contribution in [1.29, 1.82) is 5.26 Å². The number of hydrogen-bond acceptors (Lipinski definition) is 8. The standard InChI is InChI=1S/C21H22N8/c1-15-14-26-21(28-19(15)17(13-22)18-5-2-3-8-23-18)29-11-6-16(7-12-29)27-20-24-9-4-10-25-20/h2-5,8-10,14,16H,6-7,11-12H2,1H3,(H,26,28)(H,24,25,27). The third kappa shape index (κ3) is 4.24. The SMILES string of the molecule is CC1=CN=C(N2CCC(Nc3ncccn3)CC2)NC1=C(C#N)c1ccccn1. The lowest BCUT2D eigenvalue weighted by atomic mass is 10.0. The fourth-order valence-electron chi connectivity index (χ4n) is 3.43. The first-order valence-electron chi connectivity index (χ1n) is 9.61. The molecule has 2 aliphatic rings. The third-order valence-corrected chi connectivity index (χ3v) is 4.99. The van der Waals surface area contributed by atoms with Crippen LogP contribution in [-0.2, 0) is 0 Å². The minimum Gasteiger partial charge on any atom is -0.351 e. The summed E-state index contributed by atoms with van der Waals surface area (Å²) >= 11 is 0. The first-order valence-corrected chi connectivity index (χ1v) is 9.61. The predicted octanol–water partition coefficient (Wildman–Crippen LogP) is 2.55. The van der Waals surface area contributed by atoms with Crippen LogP contribution < -0.4 is 10.6 Å². The van der Waals surface area contributed by atoms with Crippen LogP contribution in [0.3, 0.4) is 0 Å². The van der Waals surface area contributed by atoms with Crippen LogP contribution in [0.2, 0.25) is 0 Å². The average Bonchev–Trinajstić information content (AvgIpc) is 2.78. The summed E-state index contributed by atoms with van der Waals surface area (Å²) in [4.78, 5) is 19.6. The van der Waals surface area contributed by atoms with E-state index < -0.39 is 0 Å². The topological polar surface area (TPSA) is 102 Å². The smallest absolute Gasteiger partial charge is 0.222 e. The molecule has 4 heterocycles. The number of aromatic nitrogens is 3. The molecule has 8 heteroatoms. The average molecular weight is 386 g/mol. The second kappa shape index (κ2) is 8.52. The Bertz CT molecular complexity index is 980. The van der Waals surface area contributed by atoms with Gasteiger partial charge in [-0.05, 0) is 43.5 Å². The fraction of sp³-hybridized carbons (Fsp3) is 0.286. The Kier molecular flexibility index (Phi) is 5.47. The fourth-order valence-corrected chi connectivity index (χ4v) is 3.43. The summed E-state index contributed by atoms with van der Waals surface area (Å²) in [5.74, 6) is 1.43. The Morgan fingerprint density at radius 1 is 1.14 bits per heavy atom. The molecule has 0 atom stereocenters. The zero-order valence-corrected chi connectivity index (χ0v) is 16.2. The zero-order valence-electron chi connectivity index (χ0n) is 16.2. The van der Waals surface area contributed by atoms with E-state index in [0.29, 0.717) is 23.3 Å². The maximum atomic E-state index is 9.73. The summed E-state index contributed by atoms with van der Waals surface area (Å²) in [5.41, 5.74) is 2.84. The number of hydrogen-bond donors (Lipinski definition) is 2. The summed E-state index contributed by atoms with van der Waals surface area (Å²) in [6.07, 6.45) is 8.88. The van der Waals surface area contributed by atoms with Gasteiger partial charge in [0.15, 0.2) is 0 Å². The Balaban J connectivity index is 1.45. The van der Waals surface area contributed by atoms with Crippen LogP contribution in [0.5, 0.6) is 0 Å². The molecule has 0 aromatic carbocycles. The van der Waals surface area contributed by atoms with E-state index in [1.807, 2.05) is 37.4 Å². The highest BCUT2D eigenvalue weighted by Gasteiger charge is 2.25. The summed E-state index contributed by atoms with van der Waals surface area (Å²) in [6.45, 7) is 3.64. The molecular formula is C21H22N8. The van der Waals surface area contributed by atoms with E-state index in [2.05, 4.69) is 41.5 Å². The molecule has 0 amide bonds. The highest BCUT2D eigenvalue weighted by molar-refractivity contribution is 5.90. The van der Waals surface area contributed by atoms with Crippen molar-refractivity contribution in [3.8, 4) is 6.07 Å². The molecule has 2 aromatic rings. The summed E-state index contributed by atoms with van der Waals surface area (Å²) in [7, 11) is 0. The molecule has 8 nitrogen and oxygen atoms in total. The number of piperidine rings is 1. The Morgan fingerprint density at radius 3 is 2.59 bits per heavy atom. The molecule has 2 N–H and O–H groups in total. The van der Waals surface area contributed by atoms with Crippen LogP contribution in [0.4, 0.5) is 5.95 Å². The molecule has 2 aliphatic heterocycles. The van der Waals surface area contributed by atoms with Crippen LogP contribution in [0, 0.1) is 11.3 Å². The maximum Gasteiger partial charge on any atom is 0.222 e. The first-order chi connectivity index (χ1) is 14.2. The molecule has 1 saturated heterocycles. The number of rotatable bonds is 3. The molecule has 0 radical (unpaired) electrons. The minimum absolute atomic E-state index is 0.327. The van der Waals surface area contributed by atoms with Crippen molar-refractivity contribution in [2.45, 2.75) is 25.8 Å². The number of guanidine groups is 1. The number of nitriles is 1. The van der Waals surface area contributed by atoms with E-state index in [-0.39, 0.29) is 0 Å². The van der Waals surface area contributed by atoms with Gasteiger partial charge in [0.1, 0.15) is 11.6 Å². The van der Waals surface area contributed by atoms with Crippen molar-refractivity contribution in [2.75, 3.05) is 18.4 Å². The van der Waals surface area contributed by atoms with Gasteiger partial charge < -0.3 is 15.5 Å². The molecule has 2 aromatic heterocycles. The lowest BCUT2D eigenvalue weighted by Gasteiger charge is -2.35. The van der Waals surface area contributed by atoms with E-state index in [1.54, 1.807) is 18.6 Å². The van der Waals surface area contributed by atoms with Crippen LogP contribution in [0.25, 0.3) is 5.57 Å². The minimum atomic E-state index is 0.327. The van der Waals surface area contributed by atoms with Gasteiger partial charge in [0.2, 0.25) is 11.9 Å². The second-order valence-electron chi connectivity index (χ2n) is 6.94. The van der Waals surface area contributed by atoms with Gasteiger partial charge >= 0.3 is 0 Å².